The normalized spacial score (nSPS) is 10.4. The number of ether oxygens (including phenoxy) is 4. The highest BCUT2D eigenvalue weighted by atomic mass is 16.5. The van der Waals surface area contributed by atoms with Crippen LogP contribution in [0.2, 0.25) is 0 Å². The fraction of sp³-hybridized carbons (Fsp3) is 0.238. The van der Waals surface area contributed by atoms with Gasteiger partial charge in [0.05, 0.1) is 27.0 Å². The summed E-state index contributed by atoms with van der Waals surface area (Å²) in [4.78, 5) is 12.3. The van der Waals surface area contributed by atoms with Gasteiger partial charge >= 0.3 is 0 Å². The monoisotopic (exact) mass is 384 g/mol. The first-order valence-electron chi connectivity index (χ1n) is 8.68. The molecule has 0 aliphatic rings. The van der Waals surface area contributed by atoms with Crippen molar-refractivity contribution in [1.82, 2.24) is 5.43 Å². The van der Waals surface area contributed by atoms with Crippen molar-refractivity contribution < 1.29 is 23.7 Å². The number of hydrazone groups is 1. The lowest BCUT2D eigenvalue weighted by molar-refractivity contribution is 0.0954. The maximum atomic E-state index is 12.3. The molecular formula is C21H24N2O5. The average molecular weight is 384 g/mol. The summed E-state index contributed by atoms with van der Waals surface area (Å²) in [5.74, 6) is 1.86. The summed E-state index contributed by atoms with van der Waals surface area (Å²) < 4.78 is 21.5. The largest absolute Gasteiger partial charge is 0.497 e. The molecule has 28 heavy (non-hydrogen) atoms. The Kier molecular flexibility index (Phi) is 7.90. The zero-order valence-electron chi connectivity index (χ0n) is 16.2. The van der Waals surface area contributed by atoms with E-state index in [1.165, 1.54) is 20.4 Å². The topological polar surface area (TPSA) is 78.4 Å². The molecule has 7 nitrogen and oxygen atoms in total. The van der Waals surface area contributed by atoms with Crippen LogP contribution in [-0.4, -0.2) is 39.6 Å². The molecule has 7 heteroatoms. The number of hydrogen-bond donors (Lipinski definition) is 1. The molecule has 0 aromatic heterocycles. The van der Waals surface area contributed by atoms with Crippen LogP contribution in [0.25, 0.3) is 0 Å². The number of rotatable bonds is 10. The third-order valence-corrected chi connectivity index (χ3v) is 3.62. The first-order chi connectivity index (χ1) is 13.6. The molecule has 0 aliphatic heterocycles. The summed E-state index contributed by atoms with van der Waals surface area (Å²) in [6, 6.07) is 10.3. The predicted octanol–water partition coefficient (Wildman–Crippen LogP) is 3.43. The van der Waals surface area contributed by atoms with Gasteiger partial charge in [0.15, 0.2) is 11.5 Å². The summed E-state index contributed by atoms with van der Waals surface area (Å²) in [7, 11) is 3.04. The van der Waals surface area contributed by atoms with Gasteiger partial charge in [0, 0.05) is 11.6 Å². The number of hydrogen-bond acceptors (Lipinski definition) is 6. The van der Waals surface area contributed by atoms with Crippen LogP contribution in [0.1, 0.15) is 22.8 Å². The van der Waals surface area contributed by atoms with Gasteiger partial charge in [0.2, 0.25) is 0 Å². The third-order valence-electron chi connectivity index (χ3n) is 3.62. The number of nitrogens with one attached hydrogen (secondary N) is 1. The van der Waals surface area contributed by atoms with Gasteiger partial charge in [-0.25, -0.2) is 5.43 Å². The van der Waals surface area contributed by atoms with Gasteiger partial charge in [-0.2, -0.15) is 5.10 Å². The highest BCUT2D eigenvalue weighted by Crippen LogP contribution is 2.28. The van der Waals surface area contributed by atoms with E-state index in [1.807, 2.05) is 13.0 Å². The zero-order valence-corrected chi connectivity index (χ0v) is 16.2. The fourth-order valence-corrected chi connectivity index (χ4v) is 2.31. The molecule has 0 unspecified atom stereocenters. The Morgan fingerprint density at radius 1 is 1.07 bits per heavy atom. The third kappa shape index (κ3) is 5.77. The number of benzene rings is 2. The Balaban J connectivity index is 2.10. The first kappa shape index (κ1) is 20.8. The predicted molar refractivity (Wildman–Crippen MR) is 108 cm³/mol. The fourth-order valence-electron chi connectivity index (χ4n) is 2.31. The van der Waals surface area contributed by atoms with Crippen LogP contribution in [0.5, 0.6) is 23.0 Å². The molecule has 2 rings (SSSR count). The number of methoxy groups -OCH3 is 2. The molecule has 0 aliphatic carbocycles. The van der Waals surface area contributed by atoms with Crippen LogP contribution >= 0.6 is 0 Å². The number of carbonyl (C=O) groups excluding carboxylic acids is 1. The van der Waals surface area contributed by atoms with E-state index in [0.29, 0.717) is 41.8 Å². The first-order valence-corrected chi connectivity index (χ1v) is 8.68. The van der Waals surface area contributed by atoms with E-state index in [-0.39, 0.29) is 5.91 Å². The van der Waals surface area contributed by atoms with Crippen LogP contribution in [0.15, 0.2) is 54.2 Å². The molecular weight excluding hydrogens is 360 g/mol. The van der Waals surface area contributed by atoms with Crippen molar-refractivity contribution in [3.63, 3.8) is 0 Å². The van der Waals surface area contributed by atoms with Gasteiger partial charge in [-0.15, -0.1) is 0 Å². The van der Waals surface area contributed by atoms with E-state index in [4.69, 9.17) is 18.9 Å². The Morgan fingerprint density at radius 2 is 1.79 bits per heavy atom. The molecule has 0 spiro atoms. The van der Waals surface area contributed by atoms with Gasteiger partial charge in [-0.3, -0.25) is 4.79 Å². The molecule has 1 N–H and O–H groups in total. The Bertz CT molecular complexity index is 826. The number of carbonyl (C=O) groups is 1. The molecule has 0 fully saturated rings. The van der Waals surface area contributed by atoms with Gasteiger partial charge in [-0.1, -0.05) is 12.7 Å². The zero-order chi connectivity index (χ0) is 20.4. The second-order valence-electron chi connectivity index (χ2n) is 5.54. The molecule has 148 valence electrons. The van der Waals surface area contributed by atoms with Gasteiger partial charge in [0.1, 0.15) is 18.1 Å². The number of amides is 1. The molecule has 0 saturated heterocycles. The maximum Gasteiger partial charge on any atom is 0.271 e. The highest BCUT2D eigenvalue weighted by Gasteiger charge is 2.09. The molecule has 0 atom stereocenters. The minimum absolute atomic E-state index is 0.372. The molecule has 2 aromatic carbocycles. The average Bonchev–Trinajstić information content (AvgIpc) is 2.72. The lowest BCUT2D eigenvalue weighted by Crippen LogP contribution is -2.17. The second-order valence-corrected chi connectivity index (χ2v) is 5.54. The van der Waals surface area contributed by atoms with E-state index in [0.717, 1.165) is 5.56 Å². The van der Waals surface area contributed by atoms with Crippen molar-refractivity contribution in [3.05, 3.63) is 60.2 Å². The van der Waals surface area contributed by atoms with Crippen LogP contribution in [-0.2, 0) is 0 Å². The second kappa shape index (κ2) is 10.6. The van der Waals surface area contributed by atoms with E-state index < -0.39 is 0 Å². The smallest absolute Gasteiger partial charge is 0.271 e. The molecule has 0 saturated carbocycles. The van der Waals surface area contributed by atoms with Crippen molar-refractivity contribution in [2.45, 2.75) is 6.92 Å². The summed E-state index contributed by atoms with van der Waals surface area (Å²) >= 11 is 0. The van der Waals surface area contributed by atoms with Crippen molar-refractivity contribution in [1.29, 1.82) is 0 Å². The van der Waals surface area contributed by atoms with Crippen LogP contribution < -0.4 is 24.4 Å². The van der Waals surface area contributed by atoms with Crippen molar-refractivity contribution >= 4 is 12.1 Å². The van der Waals surface area contributed by atoms with Crippen LogP contribution in [0.3, 0.4) is 0 Å². The Labute approximate surface area is 164 Å². The summed E-state index contributed by atoms with van der Waals surface area (Å²) in [5, 5.41) is 4.00. The van der Waals surface area contributed by atoms with E-state index in [9.17, 15) is 4.79 Å². The minimum atomic E-state index is -0.385. The lowest BCUT2D eigenvalue weighted by Gasteiger charge is -2.11. The summed E-state index contributed by atoms with van der Waals surface area (Å²) in [5.41, 5.74) is 3.60. The molecule has 2 aromatic rings. The molecule has 0 radical (unpaired) electrons. The molecule has 0 heterocycles. The van der Waals surface area contributed by atoms with Crippen molar-refractivity contribution in [2.75, 3.05) is 27.4 Å². The van der Waals surface area contributed by atoms with Crippen LogP contribution in [0.4, 0.5) is 0 Å². The van der Waals surface area contributed by atoms with E-state index >= 15 is 0 Å². The van der Waals surface area contributed by atoms with Crippen molar-refractivity contribution in [2.24, 2.45) is 5.10 Å². The summed E-state index contributed by atoms with van der Waals surface area (Å²) in [6.45, 7) is 6.40. The van der Waals surface area contributed by atoms with Crippen LogP contribution in [0, 0.1) is 0 Å². The Hall–Kier alpha value is -3.48. The van der Waals surface area contributed by atoms with Gasteiger partial charge in [-0.05, 0) is 42.8 Å². The maximum absolute atomic E-state index is 12.3. The SMILES string of the molecule is C=CCOc1ccc(C=NNC(=O)c2cc(OC)cc(OC)c2)cc1OCC. The van der Waals surface area contributed by atoms with E-state index in [2.05, 4.69) is 17.1 Å². The lowest BCUT2D eigenvalue weighted by atomic mass is 10.2. The van der Waals surface area contributed by atoms with Crippen molar-refractivity contribution in [3.8, 4) is 23.0 Å². The quantitative estimate of drug-likeness (QED) is 0.386. The standard InChI is InChI=1S/C21H24N2O5/c1-5-9-28-19-8-7-15(10-20(19)27-6-2)14-22-23-21(24)16-11-17(25-3)13-18(12-16)26-4/h5,7-8,10-14H,1,6,9H2,2-4H3,(H,23,24). The van der Waals surface area contributed by atoms with E-state index in [1.54, 1.807) is 36.4 Å². The Morgan fingerprint density at radius 3 is 2.39 bits per heavy atom. The molecule has 0 bridgehead atoms. The number of nitrogens with zero attached hydrogens (tertiary/aromatic N) is 1. The van der Waals surface area contributed by atoms with Gasteiger partial charge in [0.25, 0.3) is 5.91 Å². The molecule has 1 amide bonds. The highest BCUT2D eigenvalue weighted by molar-refractivity contribution is 5.95. The van der Waals surface area contributed by atoms with Gasteiger partial charge < -0.3 is 18.9 Å². The minimum Gasteiger partial charge on any atom is -0.497 e. The summed E-state index contributed by atoms with van der Waals surface area (Å²) in [6.07, 6.45) is 3.18.